The molecule has 3 rings (SSSR count). The average molecular weight is 468 g/mol. The third-order valence-electron chi connectivity index (χ3n) is 4.84. The van der Waals surface area contributed by atoms with Crippen LogP contribution >= 0.6 is 0 Å². The molecule has 0 aromatic heterocycles. The minimum Gasteiger partial charge on any atom is -0.495 e. The number of hydrogen-bond acceptors (Lipinski definition) is 5. The zero-order chi connectivity index (χ0) is 24.0. The Morgan fingerprint density at radius 1 is 0.939 bits per heavy atom. The van der Waals surface area contributed by atoms with Crippen LogP contribution in [0.4, 0.5) is 11.4 Å². The van der Waals surface area contributed by atoms with E-state index in [2.05, 4.69) is 15.4 Å². The van der Waals surface area contributed by atoms with Gasteiger partial charge in [-0.3, -0.25) is 14.3 Å². The smallest absolute Gasteiger partial charge is 0.265 e. The first kappa shape index (κ1) is 23.8. The summed E-state index contributed by atoms with van der Waals surface area (Å²) in [6, 6.07) is 19.7. The Bertz CT molecular complexity index is 1260. The molecule has 3 aromatic carbocycles. The van der Waals surface area contributed by atoms with Gasteiger partial charge in [0, 0.05) is 12.6 Å². The van der Waals surface area contributed by atoms with Crippen molar-refractivity contribution in [3.05, 3.63) is 83.9 Å². The van der Waals surface area contributed by atoms with Gasteiger partial charge in [-0.2, -0.15) is 0 Å². The number of benzene rings is 3. The molecule has 8 nitrogen and oxygen atoms in total. The molecule has 0 saturated carbocycles. The van der Waals surface area contributed by atoms with Crippen LogP contribution in [-0.4, -0.2) is 27.3 Å². The molecule has 2 amide bonds. The van der Waals surface area contributed by atoms with E-state index in [0.717, 1.165) is 5.56 Å². The predicted molar refractivity (Wildman–Crippen MR) is 127 cm³/mol. The van der Waals surface area contributed by atoms with Crippen molar-refractivity contribution in [1.82, 2.24) is 5.32 Å². The van der Waals surface area contributed by atoms with E-state index >= 15 is 0 Å². The third kappa shape index (κ3) is 5.89. The molecule has 0 saturated heterocycles. The Kier molecular flexibility index (Phi) is 7.34. The van der Waals surface area contributed by atoms with Gasteiger partial charge in [0.05, 0.1) is 24.4 Å². The first-order valence-electron chi connectivity index (χ1n) is 10.1. The van der Waals surface area contributed by atoms with Gasteiger partial charge < -0.3 is 15.4 Å². The van der Waals surface area contributed by atoms with Gasteiger partial charge in [0.25, 0.3) is 15.9 Å². The number of nitrogens with one attached hydrogen (secondary N) is 3. The molecule has 0 aliphatic rings. The molecule has 33 heavy (non-hydrogen) atoms. The molecule has 1 unspecified atom stereocenters. The van der Waals surface area contributed by atoms with E-state index in [0.29, 0.717) is 5.69 Å². The van der Waals surface area contributed by atoms with Gasteiger partial charge >= 0.3 is 0 Å². The number of sulfonamides is 1. The van der Waals surface area contributed by atoms with E-state index in [1.165, 1.54) is 44.4 Å². The van der Waals surface area contributed by atoms with Gasteiger partial charge in [-0.15, -0.1) is 0 Å². The van der Waals surface area contributed by atoms with E-state index in [4.69, 9.17) is 4.74 Å². The third-order valence-corrected chi connectivity index (χ3v) is 6.22. The SMILES string of the molecule is COc1ccc(NC(C)=O)cc1S(=O)(=O)Nc1ccccc1C(=O)NC(C)c1ccccc1. The number of rotatable bonds is 8. The maximum absolute atomic E-state index is 13.2. The van der Waals surface area contributed by atoms with Crippen molar-refractivity contribution in [2.45, 2.75) is 24.8 Å². The second kappa shape index (κ2) is 10.2. The quantitative estimate of drug-likeness (QED) is 0.464. The first-order chi connectivity index (χ1) is 15.7. The maximum Gasteiger partial charge on any atom is 0.265 e. The lowest BCUT2D eigenvalue weighted by atomic mass is 10.1. The van der Waals surface area contributed by atoms with Gasteiger partial charge in [-0.1, -0.05) is 42.5 Å². The van der Waals surface area contributed by atoms with Crippen molar-refractivity contribution in [1.29, 1.82) is 0 Å². The molecule has 0 aliphatic carbocycles. The highest BCUT2D eigenvalue weighted by atomic mass is 32.2. The number of methoxy groups -OCH3 is 1. The zero-order valence-corrected chi connectivity index (χ0v) is 19.3. The van der Waals surface area contributed by atoms with Gasteiger partial charge in [-0.05, 0) is 42.8 Å². The molecule has 1 atom stereocenters. The summed E-state index contributed by atoms with van der Waals surface area (Å²) in [6.07, 6.45) is 0. The second-order valence-corrected chi connectivity index (χ2v) is 8.95. The molecule has 0 bridgehead atoms. The fourth-order valence-corrected chi connectivity index (χ4v) is 4.51. The van der Waals surface area contributed by atoms with Crippen LogP contribution in [0.2, 0.25) is 0 Å². The topological polar surface area (TPSA) is 114 Å². The van der Waals surface area contributed by atoms with E-state index in [1.807, 2.05) is 37.3 Å². The number of ether oxygens (including phenoxy) is 1. The molecule has 0 radical (unpaired) electrons. The standard InChI is InChI=1S/C24H25N3O5S/c1-16(18-9-5-4-6-10-18)25-24(29)20-11-7-8-12-21(20)27-33(30,31)23-15-19(26-17(2)28)13-14-22(23)32-3/h4-16,27H,1-3H3,(H,25,29)(H,26,28). The molecular weight excluding hydrogens is 442 g/mol. The summed E-state index contributed by atoms with van der Waals surface area (Å²) < 4.78 is 34.1. The summed E-state index contributed by atoms with van der Waals surface area (Å²) in [6.45, 7) is 3.17. The van der Waals surface area contributed by atoms with Gasteiger partial charge in [0.15, 0.2) is 0 Å². The highest BCUT2D eigenvalue weighted by Crippen LogP contribution is 2.30. The minimum absolute atomic E-state index is 0.0937. The highest BCUT2D eigenvalue weighted by molar-refractivity contribution is 7.92. The normalized spacial score (nSPS) is 11.8. The van der Waals surface area contributed by atoms with E-state index in [1.54, 1.807) is 12.1 Å². The molecule has 0 heterocycles. The number of hydrogen-bond donors (Lipinski definition) is 3. The van der Waals surface area contributed by atoms with Crippen molar-refractivity contribution in [2.75, 3.05) is 17.1 Å². The average Bonchev–Trinajstić information content (AvgIpc) is 2.79. The monoisotopic (exact) mass is 467 g/mol. The minimum atomic E-state index is -4.16. The fraction of sp³-hybridized carbons (Fsp3) is 0.167. The first-order valence-corrected chi connectivity index (χ1v) is 11.6. The second-order valence-electron chi connectivity index (χ2n) is 7.30. The summed E-state index contributed by atoms with van der Waals surface area (Å²) in [4.78, 5) is 24.2. The summed E-state index contributed by atoms with van der Waals surface area (Å²) in [5, 5.41) is 5.43. The van der Waals surface area contributed by atoms with Gasteiger partial charge in [-0.25, -0.2) is 8.42 Å². The fourth-order valence-electron chi connectivity index (χ4n) is 3.24. The van der Waals surface area contributed by atoms with Crippen molar-refractivity contribution in [2.24, 2.45) is 0 Å². The maximum atomic E-state index is 13.2. The van der Waals surface area contributed by atoms with E-state index in [-0.39, 0.29) is 33.8 Å². The van der Waals surface area contributed by atoms with Crippen LogP contribution < -0.4 is 20.1 Å². The number of carbonyl (C=O) groups excluding carboxylic acids is 2. The number of anilines is 2. The van der Waals surface area contributed by atoms with Gasteiger partial charge in [0.2, 0.25) is 5.91 Å². The molecule has 0 spiro atoms. The van der Waals surface area contributed by atoms with Crippen LogP contribution in [-0.2, 0) is 14.8 Å². The van der Waals surface area contributed by atoms with Crippen molar-refractivity contribution < 1.29 is 22.7 Å². The number of amides is 2. The Morgan fingerprint density at radius 3 is 2.27 bits per heavy atom. The van der Waals surface area contributed by atoms with Crippen molar-refractivity contribution >= 4 is 33.2 Å². The zero-order valence-electron chi connectivity index (χ0n) is 18.5. The Hall–Kier alpha value is -3.85. The van der Waals surface area contributed by atoms with Crippen LogP contribution in [0, 0.1) is 0 Å². The lowest BCUT2D eigenvalue weighted by Gasteiger charge is -2.17. The Balaban J connectivity index is 1.90. The van der Waals surface area contributed by atoms with Gasteiger partial charge in [0.1, 0.15) is 10.6 Å². The lowest BCUT2D eigenvalue weighted by molar-refractivity contribution is -0.114. The molecule has 0 fully saturated rings. The molecule has 3 N–H and O–H groups in total. The molecule has 172 valence electrons. The number of para-hydroxylation sites is 1. The van der Waals surface area contributed by atoms with Crippen LogP contribution in [0.15, 0.2) is 77.7 Å². The summed E-state index contributed by atoms with van der Waals surface area (Å²) >= 11 is 0. The number of carbonyl (C=O) groups is 2. The van der Waals surface area contributed by atoms with E-state index in [9.17, 15) is 18.0 Å². The van der Waals surface area contributed by atoms with Crippen LogP contribution in [0.25, 0.3) is 0 Å². The summed E-state index contributed by atoms with van der Waals surface area (Å²) in [5.74, 6) is -0.675. The van der Waals surface area contributed by atoms with E-state index < -0.39 is 15.9 Å². The lowest BCUT2D eigenvalue weighted by Crippen LogP contribution is -2.28. The molecule has 9 heteroatoms. The van der Waals surface area contributed by atoms with Crippen molar-refractivity contribution in [3.8, 4) is 5.75 Å². The predicted octanol–water partition coefficient (Wildman–Crippen LogP) is 3.95. The highest BCUT2D eigenvalue weighted by Gasteiger charge is 2.23. The largest absolute Gasteiger partial charge is 0.495 e. The molecule has 3 aromatic rings. The Morgan fingerprint density at radius 2 is 1.61 bits per heavy atom. The van der Waals surface area contributed by atoms with Crippen LogP contribution in [0.5, 0.6) is 5.75 Å². The van der Waals surface area contributed by atoms with Crippen LogP contribution in [0.3, 0.4) is 0 Å². The molecule has 0 aliphatic heterocycles. The summed E-state index contributed by atoms with van der Waals surface area (Å²) in [7, 11) is -2.81. The summed E-state index contributed by atoms with van der Waals surface area (Å²) in [5.41, 5.74) is 1.50. The van der Waals surface area contributed by atoms with Crippen LogP contribution in [0.1, 0.15) is 35.8 Å². The van der Waals surface area contributed by atoms with Crippen molar-refractivity contribution in [3.63, 3.8) is 0 Å². The Labute approximate surface area is 193 Å². The molecular formula is C24H25N3O5S.